The van der Waals surface area contributed by atoms with Crippen molar-refractivity contribution in [3.63, 3.8) is 0 Å². The van der Waals surface area contributed by atoms with Crippen LogP contribution in [0.2, 0.25) is 0 Å². The number of benzene rings is 2. The molecule has 2 aromatic carbocycles. The molecule has 30 heavy (non-hydrogen) atoms. The highest BCUT2D eigenvalue weighted by molar-refractivity contribution is 5.83. The van der Waals surface area contributed by atoms with Crippen molar-refractivity contribution in [3.05, 3.63) is 53.8 Å². The van der Waals surface area contributed by atoms with E-state index in [1.54, 1.807) is 0 Å². The zero-order chi connectivity index (χ0) is 22.7. The Bertz CT molecular complexity index is 911. The predicted octanol–water partition coefficient (Wildman–Crippen LogP) is 4.41. The lowest BCUT2D eigenvalue weighted by Gasteiger charge is -2.36. The van der Waals surface area contributed by atoms with Crippen molar-refractivity contribution in [2.24, 2.45) is 0 Å². The lowest BCUT2D eigenvalue weighted by molar-refractivity contribution is -0.264. The topological polar surface area (TPSA) is 65.0 Å². The Morgan fingerprint density at radius 1 is 1.00 bits per heavy atom. The average molecular weight is 430 g/mol. The SMILES string of the molecule is COc1cccc(OC(=O)C(O)(CC(C)(C)c2cc(F)ccc2OC)C(F)(F)F)c1. The second-order valence-electron chi connectivity index (χ2n) is 7.33. The van der Waals surface area contributed by atoms with Crippen LogP contribution in [0.25, 0.3) is 0 Å². The summed E-state index contributed by atoms with van der Waals surface area (Å²) in [5, 5.41) is 10.5. The number of hydrogen-bond donors (Lipinski definition) is 1. The van der Waals surface area contributed by atoms with Crippen molar-refractivity contribution >= 4 is 5.97 Å². The molecule has 0 amide bonds. The molecule has 0 bridgehead atoms. The summed E-state index contributed by atoms with van der Waals surface area (Å²) >= 11 is 0. The van der Waals surface area contributed by atoms with Crippen LogP contribution in [0.4, 0.5) is 17.6 Å². The molecule has 5 nitrogen and oxygen atoms in total. The van der Waals surface area contributed by atoms with Gasteiger partial charge < -0.3 is 19.3 Å². The minimum atomic E-state index is -5.36. The van der Waals surface area contributed by atoms with E-state index in [1.165, 1.54) is 58.4 Å². The van der Waals surface area contributed by atoms with Crippen molar-refractivity contribution in [2.75, 3.05) is 14.2 Å². The molecule has 0 saturated heterocycles. The summed E-state index contributed by atoms with van der Waals surface area (Å²) in [6, 6.07) is 8.72. The van der Waals surface area contributed by atoms with Gasteiger partial charge in [0.2, 0.25) is 0 Å². The number of ether oxygens (including phenoxy) is 3. The van der Waals surface area contributed by atoms with Gasteiger partial charge in [0.05, 0.1) is 14.2 Å². The molecule has 2 aromatic rings. The molecule has 9 heteroatoms. The van der Waals surface area contributed by atoms with Crippen molar-refractivity contribution in [3.8, 4) is 17.2 Å². The fourth-order valence-corrected chi connectivity index (χ4v) is 3.09. The van der Waals surface area contributed by atoms with Gasteiger partial charge in [0.1, 0.15) is 23.1 Å². The molecule has 1 unspecified atom stereocenters. The quantitative estimate of drug-likeness (QED) is 0.401. The molecule has 164 valence electrons. The molecule has 0 aliphatic carbocycles. The zero-order valence-electron chi connectivity index (χ0n) is 16.8. The summed E-state index contributed by atoms with van der Waals surface area (Å²) in [5.74, 6) is -2.48. The molecule has 0 aliphatic rings. The summed E-state index contributed by atoms with van der Waals surface area (Å²) in [7, 11) is 2.61. The van der Waals surface area contributed by atoms with Crippen molar-refractivity contribution in [2.45, 2.75) is 37.5 Å². The van der Waals surface area contributed by atoms with Crippen LogP contribution in [-0.2, 0) is 10.2 Å². The molecular weight excluding hydrogens is 408 g/mol. The minimum absolute atomic E-state index is 0.0573. The Labute approximate surface area is 171 Å². The predicted molar refractivity (Wildman–Crippen MR) is 100 cm³/mol. The molecule has 0 aliphatic heterocycles. The first kappa shape index (κ1) is 23.5. The molecule has 2 rings (SSSR count). The van der Waals surface area contributed by atoms with Crippen LogP contribution in [-0.4, -0.2) is 37.1 Å². The monoisotopic (exact) mass is 430 g/mol. The summed E-state index contributed by atoms with van der Waals surface area (Å²) < 4.78 is 70.1. The van der Waals surface area contributed by atoms with Crippen molar-refractivity contribution < 1.29 is 41.7 Å². The maximum Gasteiger partial charge on any atom is 0.428 e. The van der Waals surface area contributed by atoms with E-state index < -0.39 is 35.4 Å². The number of esters is 1. The summed E-state index contributed by atoms with van der Waals surface area (Å²) in [6.07, 6.45) is -6.49. The van der Waals surface area contributed by atoms with E-state index in [4.69, 9.17) is 14.2 Å². The van der Waals surface area contributed by atoms with Gasteiger partial charge in [-0.3, -0.25) is 0 Å². The maximum absolute atomic E-state index is 13.8. The largest absolute Gasteiger partial charge is 0.497 e. The average Bonchev–Trinajstić information content (AvgIpc) is 2.66. The molecule has 0 spiro atoms. The van der Waals surface area contributed by atoms with E-state index in [1.807, 2.05) is 0 Å². The molecule has 1 atom stereocenters. The van der Waals surface area contributed by atoms with E-state index in [0.717, 1.165) is 12.1 Å². The first-order valence-corrected chi connectivity index (χ1v) is 8.83. The number of carbonyl (C=O) groups is 1. The van der Waals surface area contributed by atoms with Gasteiger partial charge >= 0.3 is 12.1 Å². The normalized spacial score (nSPS) is 14.0. The van der Waals surface area contributed by atoms with Crippen LogP contribution in [0, 0.1) is 5.82 Å². The molecule has 0 fully saturated rings. The van der Waals surface area contributed by atoms with E-state index >= 15 is 0 Å². The van der Waals surface area contributed by atoms with Crippen LogP contribution in [0.5, 0.6) is 17.2 Å². The maximum atomic E-state index is 13.8. The number of rotatable bonds is 7. The van der Waals surface area contributed by atoms with Crippen LogP contribution >= 0.6 is 0 Å². The Morgan fingerprint density at radius 2 is 1.63 bits per heavy atom. The number of methoxy groups -OCH3 is 2. The summed E-state index contributed by atoms with van der Waals surface area (Å²) in [5.41, 5.74) is -5.33. The zero-order valence-corrected chi connectivity index (χ0v) is 16.8. The third-order valence-corrected chi connectivity index (χ3v) is 4.65. The Morgan fingerprint density at radius 3 is 2.20 bits per heavy atom. The third kappa shape index (κ3) is 4.84. The van der Waals surface area contributed by atoms with Gasteiger partial charge in [-0.15, -0.1) is 0 Å². The first-order valence-electron chi connectivity index (χ1n) is 8.83. The Kier molecular flexibility index (Phi) is 6.66. The molecular formula is C21H22F4O5. The molecule has 0 saturated carbocycles. The second-order valence-corrected chi connectivity index (χ2v) is 7.33. The fourth-order valence-electron chi connectivity index (χ4n) is 3.09. The van der Waals surface area contributed by atoms with Gasteiger partial charge in [0.25, 0.3) is 5.60 Å². The Hall–Kier alpha value is -2.81. The number of alkyl halides is 3. The minimum Gasteiger partial charge on any atom is -0.497 e. The van der Waals surface area contributed by atoms with Crippen LogP contribution in [0.3, 0.4) is 0 Å². The molecule has 0 aromatic heterocycles. The van der Waals surface area contributed by atoms with E-state index in [2.05, 4.69) is 0 Å². The highest BCUT2D eigenvalue weighted by Gasteiger charge is 2.63. The second kappa shape index (κ2) is 8.51. The van der Waals surface area contributed by atoms with Gasteiger partial charge in [-0.05, 0) is 35.7 Å². The van der Waals surface area contributed by atoms with Gasteiger partial charge in [0.15, 0.2) is 0 Å². The van der Waals surface area contributed by atoms with Crippen LogP contribution in [0.1, 0.15) is 25.8 Å². The number of carbonyl (C=O) groups excluding carboxylic acids is 1. The lowest BCUT2D eigenvalue weighted by Crippen LogP contribution is -2.56. The lowest BCUT2D eigenvalue weighted by atomic mass is 9.74. The smallest absolute Gasteiger partial charge is 0.428 e. The van der Waals surface area contributed by atoms with Crippen molar-refractivity contribution in [1.82, 2.24) is 0 Å². The standard InChI is InChI=1S/C21H22F4O5/c1-19(2,16-10-13(22)8-9-17(16)29-4)12-20(27,21(23,24)25)18(26)30-15-7-5-6-14(11-15)28-3/h5-11,27H,12H2,1-4H3. The fraction of sp³-hybridized carbons (Fsp3) is 0.381. The number of aliphatic hydroxyl groups is 1. The van der Waals surface area contributed by atoms with Gasteiger partial charge in [-0.2, -0.15) is 13.2 Å². The first-order chi connectivity index (χ1) is 13.8. The highest BCUT2D eigenvalue weighted by atomic mass is 19.4. The molecule has 0 radical (unpaired) electrons. The Balaban J connectivity index is 2.43. The molecule has 0 heterocycles. The van der Waals surface area contributed by atoms with Gasteiger partial charge in [0, 0.05) is 18.1 Å². The van der Waals surface area contributed by atoms with Gasteiger partial charge in [-0.25, -0.2) is 9.18 Å². The third-order valence-electron chi connectivity index (χ3n) is 4.65. The van der Waals surface area contributed by atoms with Crippen molar-refractivity contribution in [1.29, 1.82) is 0 Å². The van der Waals surface area contributed by atoms with E-state index in [9.17, 15) is 27.5 Å². The summed E-state index contributed by atoms with van der Waals surface area (Å²) in [4.78, 5) is 12.5. The number of hydrogen-bond acceptors (Lipinski definition) is 5. The van der Waals surface area contributed by atoms with Crippen LogP contribution < -0.4 is 14.2 Å². The highest BCUT2D eigenvalue weighted by Crippen LogP contribution is 2.44. The van der Waals surface area contributed by atoms with Gasteiger partial charge in [-0.1, -0.05) is 19.9 Å². The summed E-state index contributed by atoms with van der Waals surface area (Å²) in [6.45, 7) is 2.67. The van der Waals surface area contributed by atoms with E-state index in [0.29, 0.717) is 0 Å². The number of halogens is 4. The van der Waals surface area contributed by atoms with E-state index in [-0.39, 0.29) is 22.8 Å². The molecule has 1 N–H and O–H groups in total. The van der Waals surface area contributed by atoms with Crippen LogP contribution in [0.15, 0.2) is 42.5 Å².